The zero-order valence-electron chi connectivity index (χ0n) is 8.03. The van der Waals surface area contributed by atoms with Crippen molar-refractivity contribution in [3.8, 4) is 0 Å². The topological polar surface area (TPSA) is 46.6 Å². The Hall–Kier alpha value is -1.35. The first kappa shape index (κ1) is 13.7. The standard InChI is InChI=1S/C8H5F4NO3S/c1-2-7(9,10)8(11,12)17-16-13-5(14)3-4-6(13)15/h2-4H,1H2. The van der Waals surface area contributed by atoms with Gasteiger partial charge in [0.25, 0.3) is 11.8 Å². The van der Waals surface area contributed by atoms with Crippen LogP contribution in [-0.4, -0.2) is 28.1 Å². The van der Waals surface area contributed by atoms with Gasteiger partial charge in [0, 0.05) is 12.2 Å². The van der Waals surface area contributed by atoms with E-state index in [1.807, 2.05) is 0 Å². The molecule has 0 radical (unpaired) electrons. The summed E-state index contributed by atoms with van der Waals surface area (Å²) in [6, 6.07) is 0. The smallest absolute Gasteiger partial charge is 0.267 e. The maximum Gasteiger partial charge on any atom is 0.386 e. The van der Waals surface area contributed by atoms with Crippen LogP contribution in [0.15, 0.2) is 24.8 Å². The van der Waals surface area contributed by atoms with E-state index in [4.69, 9.17) is 0 Å². The average Bonchev–Trinajstić information content (AvgIpc) is 2.56. The predicted molar refractivity (Wildman–Crippen MR) is 49.8 cm³/mol. The molecule has 0 N–H and O–H groups in total. The normalized spacial score (nSPS) is 16.8. The summed E-state index contributed by atoms with van der Waals surface area (Å²) in [7, 11) is 0. The summed E-state index contributed by atoms with van der Waals surface area (Å²) in [6.45, 7) is 2.55. The second kappa shape index (κ2) is 4.49. The van der Waals surface area contributed by atoms with E-state index in [1.54, 1.807) is 0 Å². The first-order valence-electron chi connectivity index (χ1n) is 4.02. The minimum atomic E-state index is -4.65. The molecule has 0 aromatic carbocycles. The van der Waals surface area contributed by atoms with E-state index in [0.717, 1.165) is 12.2 Å². The van der Waals surface area contributed by atoms with E-state index < -0.39 is 35.0 Å². The Labute approximate surface area is 97.1 Å². The van der Waals surface area contributed by atoms with E-state index in [0.29, 0.717) is 0 Å². The molecule has 94 valence electrons. The fourth-order valence-corrected chi connectivity index (χ4v) is 1.23. The zero-order chi connectivity index (χ0) is 13.3. The van der Waals surface area contributed by atoms with Gasteiger partial charge in [-0.15, -0.1) is 5.06 Å². The second-order valence-corrected chi connectivity index (χ2v) is 3.63. The Balaban J connectivity index is 2.65. The lowest BCUT2D eigenvalue weighted by Gasteiger charge is -2.23. The van der Waals surface area contributed by atoms with Crippen molar-refractivity contribution in [2.75, 3.05) is 0 Å². The van der Waals surface area contributed by atoms with Gasteiger partial charge >= 0.3 is 11.2 Å². The molecule has 0 saturated carbocycles. The van der Waals surface area contributed by atoms with Gasteiger partial charge in [0.05, 0.1) is 0 Å². The number of carbonyl (C=O) groups is 2. The number of alkyl halides is 4. The van der Waals surface area contributed by atoms with Crippen molar-refractivity contribution in [2.24, 2.45) is 0 Å². The lowest BCUT2D eigenvalue weighted by molar-refractivity contribution is -0.164. The molecule has 17 heavy (non-hydrogen) atoms. The third-order valence-electron chi connectivity index (χ3n) is 1.63. The van der Waals surface area contributed by atoms with Crippen molar-refractivity contribution < 1.29 is 31.4 Å². The molecule has 0 spiro atoms. The Morgan fingerprint density at radius 3 is 2.12 bits per heavy atom. The van der Waals surface area contributed by atoms with Gasteiger partial charge in [0.15, 0.2) is 0 Å². The van der Waals surface area contributed by atoms with Gasteiger partial charge in [-0.3, -0.25) is 9.59 Å². The van der Waals surface area contributed by atoms with Crippen molar-refractivity contribution in [1.29, 1.82) is 0 Å². The molecule has 1 rings (SSSR count). The first-order valence-corrected chi connectivity index (χ1v) is 4.76. The van der Waals surface area contributed by atoms with Crippen LogP contribution < -0.4 is 0 Å². The summed E-state index contributed by atoms with van der Waals surface area (Å²) in [6.07, 6.45) is 1.26. The number of amides is 2. The Morgan fingerprint density at radius 2 is 1.71 bits per heavy atom. The van der Waals surface area contributed by atoms with Crippen molar-refractivity contribution in [3.05, 3.63) is 24.8 Å². The summed E-state index contributed by atoms with van der Waals surface area (Å²) in [5.74, 6) is -6.59. The van der Waals surface area contributed by atoms with Gasteiger partial charge in [-0.1, -0.05) is 6.58 Å². The average molecular weight is 271 g/mol. The van der Waals surface area contributed by atoms with Crippen LogP contribution in [0.4, 0.5) is 17.6 Å². The fraction of sp³-hybridized carbons (Fsp3) is 0.250. The number of hydroxylamine groups is 2. The summed E-state index contributed by atoms with van der Waals surface area (Å²) < 4.78 is 55.0. The molecule has 0 fully saturated rings. The van der Waals surface area contributed by atoms with E-state index in [-0.39, 0.29) is 11.1 Å². The summed E-state index contributed by atoms with van der Waals surface area (Å²) in [4.78, 5) is 21.7. The van der Waals surface area contributed by atoms with Crippen molar-refractivity contribution in [3.63, 3.8) is 0 Å². The minimum Gasteiger partial charge on any atom is -0.267 e. The summed E-state index contributed by atoms with van der Waals surface area (Å²) in [5.41, 5.74) is 0. The number of halogens is 4. The van der Waals surface area contributed by atoms with Gasteiger partial charge in [-0.05, 0) is 6.08 Å². The number of allylic oxidation sites excluding steroid dienone is 1. The SMILES string of the molecule is C=CC(F)(F)C(F)(F)SON1C(=O)C=CC1=O. The highest BCUT2D eigenvalue weighted by Crippen LogP contribution is 2.44. The van der Waals surface area contributed by atoms with Gasteiger partial charge in [0.2, 0.25) is 0 Å². The van der Waals surface area contributed by atoms with E-state index in [9.17, 15) is 27.2 Å². The third kappa shape index (κ3) is 2.67. The Bertz CT molecular complexity index is 378. The fourth-order valence-electron chi connectivity index (χ4n) is 0.718. The Kier molecular flexibility index (Phi) is 3.62. The number of rotatable bonds is 5. The van der Waals surface area contributed by atoms with Crippen LogP contribution in [0.3, 0.4) is 0 Å². The summed E-state index contributed by atoms with van der Waals surface area (Å²) in [5, 5.41) is -4.71. The van der Waals surface area contributed by atoms with Crippen LogP contribution in [-0.2, 0) is 13.9 Å². The maximum atomic E-state index is 12.9. The van der Waals surface area contributed by atoms with Gasteiger partial charge in [-0.2, -0.15) is 21.8 Å². The molecule has 0 bridgehead atoms. The highest BCUT2D eigenvalue weighted by molar-refractivity contribution is 7.95. The summed E-state index contributed by atoms with van der Waals surface area (Å²) >= 11 is -0.995. The molecular weight excluding hydrogens is 266 g/mol. The highest BCUT2D eigenvalue weighted by Gasteiger charge is 2.56. The van der Waals surface area contributed by atoms with Gasteiger partial charge in [-0.25, -0.2) is 0 Å². The van der Waals surface area contributed by atoms with Gasteiger partial charge < -0.3 is 0 Å². The lowest BCUT2D eigenvalue weighted by Crippen LogP contribution is -2.38. The molecular formula is C8H5F4NO3S. The maximum absolute atomic E-state index is 12.9. The van der Waals surface area contributed by atoms with Crippen LogP contribution in [0.2, 0.25) is 0 Å². The predicted octanol–water partition coefficient (Wildman–Crippen LogP) is 1.91. The van der Waals surface area contributed by atoms with Crippen LogP contribution >= 0.6 is 12.0 Å². The quantitative estimate of drug-likeness (QED) is 0.331. The first-order chi connectivity index (χ1) is 7.71. The van der Waals surface area contributed by atoms with Crippen LogP contribution in [0.1, 0.15) is 0 Å². The van der Waals surface area contributed by atoms with E-state index >= 15 is 0 Å². The van der Waals surface area contributed by atoms with Crippen molar-refractivity contribution >= 4 is 23.9 Å². The molecule has 9 heteroatoms. The molecule has 0 aromatic rings. The van der Waals surface area contributed by atoms with Crippen LogP contribution in [0, 0.1) is 0 Å². The molecule has 0 saturated heterocycles. The number of hydrogen-bond donors (Lipinski definition) is 0. The van der Waals surface area contributed by atoms with Crippen LogP contribution in [0.25, 0.3) is 0 Å². The molecule has 1 aliphatic rings. The van der Waals surface area contributed by atoms with Gasteiger partial charge in [0.1, 0.15) is 12.0 Å². The monoisotopic (exact) mass is 271 g/mol. The van der Waals surface area contributed by atoms with Crippen molar-refractivity contribution in [1.82, 2.24) is 5.06 Å². The zero-order valence-corrected chi connectivity index (χ0v) is 8.85. The molecule has 4 nitrogen and oxygen atoms in total. The minimum absolute atomic E-state index is 0.0578. The largest absolute Gasteiger partial charge is 0.386 e. The number of nitrogens with zero attached hydrogens (tertiary/aromatic N) is 1. The molecule has 1 aliphatic heterocycles. The third-order valence-corrected chi connectivity index (χ3v) is 2.33. The molecule has 0 unspecified atom stereocenters. The molecule has 1 heterocycles. The molecule has 0 atom stereocenters. The highest BCUT2D eigenvalue weighted by atomic mass is 32.2. The van der Waals surface area contributed by atoms with E-state index in [2.05, 4.69) is 10.9 Å². The number of hydrogen-bond acceptors (Lipinski definition) is 4. The van der Waals surface area contributed by atoms with Crippen molar-refractivity contribution in [2.45, 2.75) is 11.2 Å². The Morgan fingerprint density at radius 1 is 1.24 bits per heavy atom. The second-order valence-electron chi connectivity index (χ2n) is 2.81. The number of carbonyl (C=O) groups excluding carboxylic acids is 2. The van der Waals surface area contributed by atoms with Crippen LogP contribution in [0.5, 0.6) is 0 Å². The molecule has 0 aromatic heterocycles. The number of imide groups is 1. The van der Waals surface area contributed by atoms with E-state index in [1.165, 1.54) is 0 Å². The lowest BCUT2D eigenvalue weighted by atomic mass is 10.3. The molecule has 2 amide bonds. The molecule has 0 aliphatic carbocycles.